The van der Waals surface area contributed by atoms with Gasteiger partial charge < -0.3 is 19.2 Å². The third kappa shape index (κ3) is 3.68. The fraction of sp³-hybridized carbons (Fsp3) is 0.267. The molecule has 1 aromatic heterocycles. The number of ether oxygens (including phenoxy) is 2. The average molecular weight is 290 g/mol. The Labute approximate surface area is 123 Å². The number of urea groups is 1. The summed E-state index contributed by atoms with van der Waals surface area (Å²) in [5.74, 6) is 1.66. The van der Waals surface area contributed by atoms with E-state index in [2.05, 4.69) is 10.6 Å². The molecule has 0 aliphatic heterocycles. The fourth-order valence-electron chi connectivity index (χ4n) is 1.90. The first kappa shape index (κ1) is 14.8. The second-order valence-corrected chi connectivity index (χ2v) is 4.41. The Morgan fingerprint density at radius 1 is 1.19 bits per heavy atom. The Hall–Kier alpha value is -2.63. The zero-order valence-corrected chi connectivity index (χ0v) is 12.2. The highest BCUT2D eigenvalue weighted by atomic mass is 16.5. The molecule has 2 rings (SSSR count). The summed E-state index contributed by atoms with van der Waals surface area (Å²) < 4.78 is 15.5. The maximum atomic E-state index is 11.8. The van der Waals surface area contributed by atoms with Gasteiger partial charge in [-0.15, -0.1) is 0 Å². The molecule has 0 bridgehead atoms. The quantitative estimate of drug-likeness (QED) is 0.887. The minimum absolute atomic E-state index is 0.195. The molecule has 21 heavy (non-hydrogen) atoms. The molecule has 0 saturated heterocycles. The number of anilines is 1. The molecular weight excluding hydrogens is 272 g/mol. The molecule has 1 unspecified atom stereocenters. The Kier molecular flexibility index (Phi) is 4.71. The maximum Gasteiger partial charge on any atom is 0.322 e. The monoisotopic (exact) mass is 290 g/mol. The molecule has 2 N–H and O–H groups in total. The number of carbonyl (C=O) groups is 1. The second kappa shape index (κ2) is 6.69. The molecule has 0 spiro atoms. The average Bonchev–Trinajstić information content (AvgIpc) is 2.99. The predicted octanol–water partition coefficient (Wildman–Crippen LogP) is 3.18. The lowest BCUT2D eigenvalue weighted by atomic mass is 10.1. The minimum Gasteiger partial charge on any atom is -0.493 e. The lowest BCUT2D eigenvalue weighted by molar-refractivity contribution is 0.248. The molecular formula is C15H18N2O4. The molecule has 1 heterocycles. The van der Waals surface area contributed by atoms with Crippen LogP contribution in [0, 0.1) is 0 Å². The van der Waals surface area contributed by atoms with E-state index in [4.69, 9.17) is 13.9 Å². The molecule has 6 nitrogen and oxygen atoms in total. The Bertz CT molecular complexity index is 596. The SMILES string of the molecule is COc1ccc(C(C)NC(=O)Nc2ccco2)cc1OC. The van der Waals surface area contributed by atoms with Crippen LogP contribution in [0.25, 0.3) is 0 Å². The molecule has 1 aromatic carbocycles. The van der Waals surface area contributed by atoms with Gasteiger partial charge in [0.05, 0.1) is 26.5 Å². The largest absolute Gasteiger partial charge is 0.493 e. The standard InChI is InChI=1S/C15H18N2O4/c1-10(16-15(18)17-14-5-4-8-21-14)11-6-7-12(19-2)13(9-11)20-3/h4-10H,1-3H3,(H2,16,17,18). The number of amides is 2. The van der Waals surface area contributed by atoms with Crippen molar-refractivity contribution >= 4 is 11.9 Å². The van der Waals surface area contributed by atoms with Crippen LogP contribution in [0.4, 0.5) is 10.7 Å². The fourth-order valence-corrected chi connectivity index (χ4v) is 1.90. The van der Waals surface area contributed by atoms with Crippen LogP contribution >= 0.6 is 0 Å². The van der Waals surface area contributed by atoms with Crippen LogP contribution < -0.4 is 20.1 Å². The third-order valence-electron chi connectivity index (χ3n) is 3.01. The smallest absolute Gasteiger partial charge is 0.322 e. The summed E-state index contributed by atoms with van der Waals surface area (Å²) in [7, 11) is 3.15. The van der Waals surface area contributed by atoms with Crippen molar-refractivity contribution < 1.29 is 18.7 Å². The van der Waals surface area contributed by atoms with E-state index in [-0.39, 0.29) is 12.1 Å². The molecule has 0 aliphatic carbocycles. The van der Waals surface area contributed by atoms with Gasteiger partial charge in [-0.25, -0.2) is 4.79 Å². The van der Waals surface area contributed by atoms with Gasteiger partial charge >= 0.3 is 6.03 Å². The van der Waals surface area contributed by atoms with E-state index >= 15 is 0 Å². The summed E-state index contributed by atoms with van der Waals surface area (Å²) >= 11 is 0. The molecule has 0 radical (unpaired) electrons. The molecule has 0 aliphatic rings. The first-order valence-corrected chi connectivity index (χ1v) is 6.47. The van der Waals surface area contributed by atoms with Crippen LogP contribution in [-0.4, -0.2) is 20.3 Å². The van der Waals surface area contributed by atoms with Gasteiger partial charge in [-0.05, 0) is 30.7 Å². The number of carbonyl (C=O) groups excluding carboxylic acids is 1. The molecule has 112 valence electrons. The normalized spacial score (nSPS) is 11.6. The number of methoxy groups -OCH3 is 2. The molecule has 1 atom stereocenters. The maximum absolute atomic E-state index is 11.8. The van der Waals surface area contributed by atoms with E-state index in [9.17, 15) is 4.79 Å². The van der Waals surface area contributed by atoms with E-state index in [0.29, 0.717) is 17.4 Å². The summed E-state index contributed by atoms with van der Waals surface area (Å²) in [6.07, 6.45) is 1.49. The van der Waals surface area contributed by atoms with Crippen molar-refractivity contribution in [1.82, 2.24) is 5.32 Å². The van der Waals surface area contributed by atoms with Gasteiger partial charge in [-0.3, -0.25) is 5.32 Å². The first-order chi connectivity index (χ1) is 10.1. The Morgan fingerprint density at radius 2 is 1.95 bits per heavy atom. The highest BCUT2D eigenvalue weighted by Crippen LogP contribution is 2.29. The zero-order valence-electron chi connectivity index (χ0n) is 12.2. The lowest BCUT2D eigenvalue weighted by Crippen LogP contribution is -2.31. The number of rotatable bonds is 5. The predicted molar refractivity (Wildman–Crippen MR) is 78.8 cm³/mol. The van der Waals surface area contributed by atoms with E-state index in [1.54, 1.807) is 32.4 Å². The number of nitrogens with one attached hydrogen (secondary N) is 2. The molecule has 6 heteroatoms. The van der Waals surface area contributed by atoms with Crippen molar-refractivity contribution in [2.45, 2.75) is 13.0 Å². The van der Waals surface area contributed by atoms with Gasteiger partial charge in [0.15, 0.2) is 11.5 Å². The summed E-state index contributed by atoms with van der Waals surface area (Å²) in [5.41, 5.74) is 0.905. The van der Waals surface area contributed by atoms with Crippen molar-refractivity contribution in [3.8, 4) is 11.5 Å². The third-order valence-corrected chi connectivity index (χ3v) is 3.01. The van der Waals surface area contributed by atoms with E-state index < -0.39 is 0 Å². The van der Waals surface area contributed by atoms with Crippen molar-refractivity contribution in [1.29, 1.82) is 0 Å². The number of benzene rings is 1. The highest BCUT2D eigenvalue weighted by molar-refractivity contribution is 5.88. The van der Waals surface area contributed by atoms with Crippen molar-refractivity contribution in [2.75, 3.05) is 19.5 Å². The van der Waals surface area contributed by atoms with Crippen LogP contribution in [0.2, 0.25) is 0 Å². The first-order valence-electron chi connectivity index (χ1n) is 6.47. The van der Waals surface area contributed by atoms with Crippen molar-refractivity contribution in [3.63, 3.8) is 0 Å². The van der Waals surface area contributed by atoms with Gasteiger partial charge in [-0.1, -0.05) is 6.07 Å². The van der Waals surface area contributed by atoms with Crippen LogP contribution in [0.5, 0.6) is 11.5 Å². The molecule has 0 fully saturated rings. The lowest BCUT2D eigenvalue weighted by Gasteiger charge is -2.16. The Morgan fingerprint density at radius 3 is 2.57 bits per heavy atom. The highest BCUT2D eigenvalue weighted by Gasteiger charge is 2.13. The Balaban J connectivity index is 2.02. The molecule has 0 saturated carbocycles. The summed E-state index contributed by atoms with van der Waals surface area (Å²) in [6, 6.07) is 8.34. The van der Waals surface area contributed by atoms with Crippen molar-refractivity contribution in [3.05, 3.63) is 42.2 Å². The summed E-state index contributed by atoms with van der Waals surface area (Å²) in [5, 5.41) is 5.42. The van der Waals surface area contributed by atoms with Gasteiger partial charge in [-0.2, -0.15) is 0 Å². The van der Waals surface area contributed by atoms with Crippen LogP contribution in [0.3, 0.4) is 0 Å². The summed E-state index contributed by atoms with van der Waals surface area (Å²) in [4.78, 5) is 11.8. The van der Waals surface area contributed by atoms with Gasteiger partial charge in [0.25, 0.3) is 0 Å². The topological polar surface area (TPSA) is 72.7 Å². The van der Waals surface area contributed by atoms with Gasteiger partial charge in [0.1, 0.15) is 0 Å². The van der Waals surface area contributed by atoms with E-state index in [1.165, 1.54) is 6.26 Å². The molecule has 2 amide bonds. The van der Waals surface area contributed by atoms with E-state index in [1.807, 2.05) is 19.1 Å². The van der Waals surface area contributed by atoms with Crippen molar-refractivity contribution in [2.24, 2.45) is 0 Å². The zero-order chi connectivity index (χ0) is 15.2. The number of furan rings is 1. The van der Waals surface area contributed by atoms with Crippen LogP contribution in [0.15, 0.2) is 41.0 Å². The number of hydrogen-bond acceptors (Lipinski definition) is 4. The van der Waals surface area contributed by atoms with Crippen LogP contribution in [-0.2, 0) is 0 Å². The van der Waals surface area contributed by atoms with E-state index in [0.717, 1.165) is 5.56 Å². The minimum atomic E-state index is -0.341. The van der Waals surface area contributed by atoms with Gasteiger partial charge in [0.2, 0.25) is 5.88 Å². The van der Waals surface area contributed by atoms with Gasteiger partial charge in [0, 0.05) is 6.07 Å². The number of hydrogen-bond donors (Lipinski definition) is 2. The van der Waals surface area contributed by atoms with Crippen LogP contribution in [0.1, 0.15) is 18.5 Å². The summed E-state index contributed by atoms with van der Waals surface area (Å²) in [6.45, 7) is 1.88. The molecule has 2 aromatic rings. The second-order valence-electron chi connectivity index (χ2n) is 4.41.